The van der Waals surface area contributed by atoms with Crippen LogP contribution in [0.1, 0.15) is 29.0 Å². The maximum Gasteiger partial charge on any atom is 0.161 e. The number of methoxy groups -OCH3 is 2. The molecule has 112 valence electrons. The first-order chi connectivity index (χ1) is 10.3. The monoisotopic (exact) mass is 303 g/mol. The fraction of sp³-hybridized carbons (Fsp3) is 0.412. The Hall–Kier alpha value is -1.52. The van der Waals surface area contributed by atoms with Crippen LogP contribution in [0.25, 0.3) is 0 Å². The predicted octanol–water partition coefficient (Wildman–Crippen LogP) is 3.73. The normalized spacial score (nSPS) is 18.3. The zero-order valence-corrected chi connectivity index (χ0v) is 13.6. The molecule has 0 radical (unpaired) electrons. The predicted molar refractivity (Wildman–Crippen MR) is 86.7 cm³/mol. The van der Waals surface area contributed by atoms with Crippen molar-refractivity contribution in [1.29, 1.82) is 0 Å². The summed E-state index contributed by atoms with van der Waals surface area (Å²) in [6.07, 6.45) is 1.06. The van der Waals surface area contributed by atoms with Gasteiger partial charge < -0.3 is 9.47 Å². The highest BCUT2D eigenvalue weighted by molar-refractivity contribution is 7.10. The summed E-state index contributed by atoms with van der Waals surface area (Å²) in [5, 5.41) is 2.15. The van der Waals surface area contributed by atoms with Crippen LogP contribution in [0.15, 0.2) is 29.6 Å². The summed E-state index contributed by atoms with van der Waals surface area (Å²) in [5.74, 6) is 1.64. The summed E-state index contributed by atoms with van der Waals surface area (Å²) in [6, 6.07) is 8.98. The molecule has 1 aromatic carbocycles. The van der Waals surface area contributed by atoms with Gasteiger partial charge in [0.15, 0.2) is 11.5 Å². The summed E-state index contributed by atoms with van der Waals surface area (Å²) < 4.78 is 10.9. The van der Waals surface area contributed by atoms with E-state index in [4.69, 9.17) is 9.47 Å². The van der Waals surface area contributed by atoms with E-state index >= 15 is 0 Å². The van der Waals surface area contributed by atoms with Crippen LogP contribution in [0.5, 0.6) is 11.5 Å². The van der Waals surface area contributed by atoms with Crippen molar-refractivity contribution in [2.45, 2.75) is 19.4 Å². The Balaban J connectivity index is 2.12. The average molecular weight is 303 g/mol. The molecule has 0 saturated carbocycles. The van der Waals surface area contributed by atoms with Crippen LogP contribution < -0.4 is 9.47 Å². The first kappa shape index (κ1) is 14.4. The minimum atomic E-state index is 0.332. The first-order valence-corrected chi connectivity index (χ1v) is 8.18. The van der Waals surface area contributed by atoms with Gasteiger partial charge >= 0.3 is 0 Å². The van der Waals surface area contributed by atoms with Gasteiger partial charge in [-0.3, -0.25) is 4.90 Å². The van der Waals surface area contributed by atoms with Crippen LogP contribution in [-0.4, -0.2) is 32.2 Å². The minimum absolute atomic E-state index is 0.332. The van der Waals surface area contributed by atoms with E-state index in [-0.39, 0.29) is 0 Å². The second-order valence-electron chi connectivity index (χ2n) is 5.20. The highest BCUT2D eigenvalue weighted by atomic mass is 32.1. The highest BCUT2D eigenvalue weighted by Gasteiger charge is 2.29. The minimum Gasteiger partial charge on any atom is -0.493 e. The van der Waals surface area contributed by atoms with E-state index in [0.717, 1.165) is 31.0 Å². The lowest BCUT2D eigenvalue weighted by Crippen LogP contribution is -2.35. The molecule has 1 aliphatic heterocycles. The third kappa shape index (κ3) is 2.54. The molecule has 0 unspecified atom stereocenters. The van der Waals surface area contributed by atoms with Crippen LogP contribution >= 0.6 is 11.3 Å². The van der Waals surface area contributed by atoms with Gasteiger partial charge in [0.1, 0.15) is 0 Å². The van der Waals surface area contributed by atoms with Crippen molar-refractivity contribution in [3.63, 3.8) is 0 Å². The molecule has 3 rings (SSSR count). The second kappa shape index (κ2) is 6.08. The molecule has 1 atom stereocenters. The Bertz CT molecular complexity index is 610. The van der Waals surface area contributed by atoms with Crippen molar-refractivity contribution in [2.75, 3.05) is 27.3 Å². The molecular formula is C17H21NO2S. The fourth-order valence-electron chi connectivity index (χ4n) is 3.12. The van der Waals surface area contributed by atoms with Crippen molar-refractivity contribution in [1.82, 2.24) is 4.90 Å². The number of thiophene rings is 1. The molecule has 4 heteroatoms. The van der Waals surface area contributed by atoms with E-state index in [1.807, 2.05) is 11.3 Å². The molecule has 0 saturated heterocycles. The zero-order chi connectivity index (χ0) is 14.8. The molecular weight excluding hydrogens is 282 g/mol. The summed E-state index contributed by atoms with van der Waals surface area (Å²) in [5.41, 5.74) is 2.72. The number of nitrogens with zero attached hydrogens (tertiary/aromatic N) is 1. The Morgan fingerprint density at radius 1 is 1.24 bits per heavy atom. The van der Waals surface area contributed by atoms with Crippen LogP contribution in [0, 0.1) is 0 Å². The Labute approximate surface area is 130 Å². The number of ether oxygens (including phenoxy) is 2. The third-order valence-electron chi connectivity index (χ3n) is 4.19. The first-order valence-electron chi connectivity index (χ1n) is 7.30. The quantitative estimate of drug-likeness (QED) is 0.859. The van der Waals surface area contributed by atoms with Gasteiger partial charge in [0.2, 0.25) is 0 Å². The number of fused-ring (bicyclic) bond motifs is 1. The summed E-state index contributed by atoms with van der Waals surface area (Å²) in [4.78, 5) is 3.92. The van der Waals surface area contributed by atoms with Crippen LogP contribution in [0.3, 0.4) is 0 Å². The molecule has 21 heavy (non-hydrogen) atoms. The van der Waals surface area contributed by atoms with Crippen molar-refractivity contribution in [2.24, 2.45) is 0 Å². The van der Waals surface area contributed by atoms with Crippen LogP contribution in [-0.2, 0) is 6.42 Å². The van der Waals surface area contributed by atoms with Gasteiger partial charge in [-0.2, -0.15) is 0 Å². The molecule has 2 aromatic rings. The number of likely N-dealkylation sites (N-methyl/N-ethyl adjacent to an activating group) is 1. The van der Waals surface area contributed by atoms with Crippen molar-refractivity contribution in [3.8, 4) is 11.5 Å². The van der Waals surface area contributed by atoms with Gasteiger partial charge in [-0.1, -0.05) is 13.0 Å². The lowest BCUT2D eigenvalue weighted by atomic mass is 9.91. The smallest absolute Gasteiger partial charge is 0.161 e. The number of benzene rings is 1. The van der Waals surface area contributed by atoms with E-state index in [1.54, 1.807) is 14.2 Å². The van der Waals surface area contributed by atoms with Gasteiger partial charge in [-0.15, -0.1) is 11.3 Å². The molecule has 0 aliphatic carbocycles. The van der Waals surface area contributed by atoms with Crippen LogP contribution in [0.2, 0.25) is 0 Å². The lowest BCUT2D eigenvalue weighted by molar-refractivity contribution is 0.226. The molecule has 0 N–H and O–H groups in total. The maximum atomic E-state index is 5.50. The summed E-state index contributed by atoms with van der Waals surface area (Å²) >= 11 is 1.82. The van der Waals surface area contributed by atoms with Crippen molar-refractivity contribution < 1.29 is 9.47 Å². The van der Waals surface area contributed by atoms with E-state index in [9.17, 15) is 0 Å². The molecule has 1 aromatic heterocycles. The van der Waals surface area contributed by atoms with Gasteiger partial charge in [-0.25, -0.2) is 0 Å². The number of hydrogen-bond donors (Lipinski definition) is 0. The van der Waals surface area contributed by atoms with Gasteiger partial charge in [-0.05, 0) is 47.7 Å². The molecule has 0 spiro atoms. The molecule has 0 fully saturated rings. The Kier molecular flexibility index (Phi) is 4.17. The van der Waals surface area contributed by atoms with Crippen molar-refractivity contribution in [3.05, 3.63) is 45.6 Å². The molecule has 0 bridgehead atoms. The van der Waals surface area contributed by atoms with E-state index in [0.29, 0.717) is 6.04 Å². The number of hydrogen-bond acceptors (Lipinski definition) is 4. The third-order valence-corrected chi connectivity index (χ3v) is 5.12. The topological polar surface area (TPSA) is 21.7 Å². The van der Waals surface area contributed by atoms with Crippen molar-refractivity contribution >= 4 is 11.3 Å². The van der Waals surface area contributed by atoms with Gasteiger partial charge in [0, 0.05) is 11.4 Å². The maximum absolute atomic E-state index is 5.50. The van der Waals surface area contributed by atoms with E-state index < -0.39 is 0 Å². The number of rotatable bonds is 4. The lowest BCUT2D eigenvalue weighted by Gasteiger charge is -2.36. The Morgan fingerprint density at radius 3 is 2.62 bits per heavy atom. The van der Waals surface area contributed by atoms with Gasteiger partial charge in [0.05, 0.1) is 20.3 Å². The zero-order valence-electron chi connectivity index (χ0n) is 12.8. The van der Waals surface area contributed by atoms with E-state index in [1.165, 1.54) is 16.0 Å². The highest BCUT2D eigenvalue weighted by Crippen LogP contribution is 2.41. The molecule has 1 aliphatic rings. The standard InChI is InChI=1S/C17H21NO2S/c1-4-18-8-7-12-10-14(19-2)15(20-3)11-13(12)17(18)16-6-5-9-21-16/h5-6,9-11,17H,4,7-8H2,1-3H3/t17-/m0/s1. The van der Waals surface area contributed by atoms with E-state index in [2.05, 4.69) is 41.5 Å². The Morgan fingerprint density at radius 2 is 2.00 bits per heavy atom. The van der Waals surface area contributed by atoms with Gasteiger partial charge in [0.25, 0.3) is 0 Å². The SMILES string of the molecule is CCN1CCc2cc(OC)c(OC)cc2[C@H]1c1cccs1. The molecule has 3 nitrogen and oxygen atoms in total. The summed E-state index contributed by atoms with van der Waals surface area (Å²) in [7, 11) is 3.40. The average Bonchev–Trinajstić information content (AvgIpc) is 3.06. The summed E-state index contributed by atoms with van der Waals surface area (Å²) in [6.45, 7) is 4.37. The molecule has 2 heterocycles. The molecule has 0 amide bonds. The fourth-order valence-corrected chi connectivity index (χ4v) is 3.99. The second-order valence-corrected chi connectivity index (χ2v) is 6.18. The largest absolute Gasteiger partial charge is 0.493 e. The van der Waals surface area contributed by atoms with Crippen LogP contribution in [0.4, 0.5) is 0 Å².